The Morgan fingerprint density at radius 2 is 2.31 bits per heavy atom. The van der Waals surface area contributed by atoms with Crippen molar-refractivity contribution in [3.8, 4) is 0 Å². The Hall–Kier alpha value is -1.91. The number of aromatic carboxylic acids is 1. The van der Waals surface area contributed by atoms with E-state index in [4.69, 9.17) is 5.11 Å². The van der Waals surface area contributed by atoms with Crippen molar-refractivity contribution in [3.05, 3.63) is 29.2 Å². The van der Waals surface area contributed by atoms with Gasteiger partial charge in [0.25, 0.3) is 0 Å². The largest absolute Gasteiger partial charge is 0.477 e. The van der Waals surface area contributed by atoms with Gasteiger partial charge in [0.1, 0.15) is 5.56 Å². The molecule has 82 valence electrons. The number of carboxylic acids is 1. The van der Waals surface area contributed by atoms with Crippen molar-refractivity contribution in [3.63, 3.8) is 0 Å². The first-order chi connectivity index (χ1) is 7.66. The summed E-state index contributed by atoms with van der Waals surface area (Å²) in [6, 6.07) is 1.99. The first kappa shape index (κ1) is 9.33. The van der Waals surface area contributed by atoms with E-state index in [9.17, 15) is 4.79 Å². The van der Waals surface area contributed by atoms with Crippen LogP contribution in [0.2, 0.25) is 0 Å². The number of fused-ring (bicyclic) bond motifs is 1. The monoisotopic (exact) mass is 217 g/mol. The van der Waals surface area contributed by atoms with Crippen LogP contribution in [-0.4, -0.2) is 25.7 Å². The van der Waals surface area contributed by atoms with Gasteiger partial charge in [-0.3, -0.25) is 0 Å². The third-order valence-electron chi connectivity index (χ3n) is 2.90. The molecule has 1 saturated carbocycles. The highest BCUT2D eigenvalue weighted by Crippen LogP contribution is 2.39. The van der Waals surface area contributed by atoms with Crippen LogP contribution in [0.5, 0.6) is 0 Å². The molecule has 5 heteroatoms. The zero-order chi connectivity index (χ0) is 11.3. The zero-order valence-electron chi connectivity index (χ0n) is 8.84. The Morgan fingerprint density at radius 1 is 1.56 bits per heavy atom. The quantitative estimate of drug-likeness (QED) is 0.829. The Kier molecular flexibility index (Phi) is 1.77. The fourth-order valence-corrected chi connectivity index (χ4v) is 1.88. The average molecular weight is 217 g/mol. The Balaban J connectivity index is 2.28. The van der Waals surface area contributed by atoms with Gasteiger partial charge in [0.2, 0.25) is 0 Å². The Labute approximate surface area is 91.7 Å². The molecule has 0 atom stereocenters. The topological polar surface area (TPSA) is 67.5 Å². The van der Waals surface area contributed by atoms with Crippen LogP contribution >= 0.6 is 0 Å². The molecule has 5 nitrogen and oxygen atoms in total. The van der Waals surface area contributed by atoms with Crippen molar-refractivity contribution in [1.82, 2.24) is 14.6 Å². The molecule has 1 fully saturated rings. The molecule has 0 aromatic carbocycles. The summed E-state index contributed by atoms with van der Waals surface area (Å²) in [5, 5.41) is 13.0. The van der Waals surface area contributed by atoms with Crippen LogP contribution in [0, 0.1) is 6.92 Å². The predicted molar refractivity (Wildman–Crippen MR) is 56.7 cm³/mol. The second kappa shape index (κ2) is 3.04. The fourth-order valence-electron chi connectivity index (χ4n) is 1.88. The van der Waals surface area contributed by atoms with Crippen molar-refractivity contribution in [1.29, 1.82) is 0 Å². The van der Waals surface area contributed by atoms with Crippen LogP contribution in [-0.2, 0) is 0 Å². The summed E-state index contributed by atoms with van der Waals surface area (Å²) in [4.78, 5) is 15.4. The van der Waals surface area contributed by atoms with Crippen LogP contribution in [0.25, 0.3) is 5.65 Å². The molecule has 0 unspecified atom stereocenters. The number of carboxylic acid groups (broad SMARTS) is 1. The van der Waals surface area contributed by atoms with Crippen LogP contribution < -0.4 is 0 Å². The molecule has 0 amide bonds. The lowest BCUT2D eigenvalue weighted by atomic mass is 10.2. The first-order valence-corrected chi connectivity index (χ1v) is 5.25. The normalized spacial score (nSPS) is 15.6. The molecule has 3 rings (SSSR count). The van der Waals surface area contributed by atoms with Gasteiger partial charge >= 0.3 is 5.97 Å². The van der Waals surface area contributed by atoms with Crippen molar-refractivity contribution in [2.24, 2.45) is 0 Å². The van der Waals surface area contributed by atoms with Crippen molar-refractivity contribution >= 4 is 11.6 Å². The van der Waals surface area contributed by atoms with Gasteiger partial charge in [0.05, 0.1) is 6.20 Å². The van der Waals surface area contributed by atoms with Gasteiger partial charge in [0, 0.05) is 17.3 Å². The summed E-state index contributed by atoms with van der Waals surface area (Å²) in [6.45, 7) is 1.92. The molecule has 0 saturated heterocycles. The average Bonchev–Trinajstić information content (AvgIpc) is 2.98. The number of rotatable bonds is 2. The highest BCUT2D eigenvalue weighted by atomic mass is 16.4. The number of nitrogens with zero attached hydrogens (tertiary/aromatic N) is 3. The van der Waals surface area contributed by atoms with Gasteiger partial charge in [-0.05, 0) is 25.8 Å². The van der Waals surface area contributed by atoms with E-state index < -0.39 is 5.97 Å². The minimum absolute atomic E-state index is 0.172. The third-order valence-corrected chi connectivity index (χ3v) is 2.90. The van der Waals surface area contributed by atoms with E-state index in [2.05, 4.69) is 10.1 Å². The smallest absolute Gasteiger partial charge is 0.341 e. The summed E-state index contributed by atoms with van der Waals surface area (Å²) >= 11 is 0. The lowest BCUT2D eigenvalue weighted by Crippen LogP contribution is -2.02. The second-order valence-corrected chi connectivity index (χ2v) is 4.20. The maximum absolute atomic E-state index is 11.0. The molecular formula is C11H11N3O2. The second-order valence-electron chi connectivity index (χ2n) is 4.20. The van der Waals surface area contributed by atoms with E-state index in [0.717, 1.165) is 24.2 Å². The van der Waals surface area contributed by atoms with Crippen LogP contribution in [0.4, 0.5) is 0 Å². The minimum atomic E-state index is -0.977. The lowest BCUT2D eigenvalue weighted by Gasteiger charge is -2.03. The maximum Gasteiger partial charge on any atom is 0.341 e. The van der Waals surface area contributed by atoms with Crippen molar-refractivity contribution < 1.29 is 9.90 Å². The molecule has 1 N–H and O–H groups in total. The molecule has 16 heavy (non-hydrogen) atoms. The molecule has 2 aromatic rings. The number of aryl methyl sites for hydroxylation is 1. The number of hydrogen-bond donors (Lipinski definition) is 1. The zero-order valence-corrected chi connectivity index (χ0v) is 8.84. The van der Waals surface area contributed by atoms with Gasteiger partial charge in [-0.15, -0.1) is 0 Å². The number of aromatic nitrogens is 3. The summed E-state index contributed by atoms with van der Waals surface area (Å²) < 4.78 is 1.58. The van der Waals surface area contributed by atoms with E-state index in [1.54, 1.807) is 4.52 Å². The summed E-state index contributed by atoms with van der Waals surface area (Å²) in [5.41, 5.74) is 2.55. The van der Waals surface area contributed by atoms with E-state index in [1.807, 2.05) is 13.0 Å². The fraction of sp³-hybridized carbons (Fsp3) is 0.364. The molecule has 0 spiro atoms. The van der Waals surface area contributed by atoms with Gasteiger partial charge in [-0.25, -0.2) is 14.3 Å². The lowest BCUT2D eigenvalue weighted by molar-refractivity contribution is 0.0699. The van der Waals surface area contributed by atoms with E-state index in [1.165, 1.54) is 6.20 Å². The van der Waals surface area contributed by atoms with Gasteiger partial charge in [-0.2, -0.15) is 5.10 Å². The van der Waals surface area contributed by atoms with Gasteiger partial charge < -0.3 is 5.11 Å². The van der Waals surface area contributed by atoms with E-state index in [0.29, 0.717) is 11.6 Å². The highest BCUT2D eigenvalue weighted by molar-refractivity contribution is 5.94. The SMILES string of the molecule is Cc1cc(C2CC2)nc2c(C(=O)O)cnn12. The Bertz CT molecular complexity index is 584. The van der Waals surface area contributed by atoms with Crippen molar-refractivity contribution in [2.45, 2.75) is 25.7 Å². The highest BCUT2D eigenvalue weighted by Gasteiger charge is 2.26. The van der Waals surface area contributed by atoms with Gasteiger partial charge in [-0.1, -0.05) is 0 Å². The Morgan fingerprint density at radius 3 is 2.94 bits per heavy atom. The van der Waals surface area contributed by atoms with Crippen molar-refractivity contribution in [2.75, 3.05) is 0 Å². The number of carbonyl (C=O) groups is 1. The molecule has 1 aliphatic rings. The van der Waals surface area contributed by atoms with E-state index in [-0.39, 0.29) is 5.56 Å². The molecule has 0 aliphatic heterocycles. The van der Waals surface area contributed by atoms with Gasteiger partial charge in [0.15, 0.2) is 5.65 Å². The molecule has 2 aromatic heterocycles. The summed E-state index contributed by atoms with van der Waals surface area (Å²) in [7, 11) is 0. The van der Waals surface area contributed by atoms with E-state index >= 15 is 0 Å². The summed E-state index contributed by atoms with van der Waals surface area (Å²) in [5.74, 6) is -0.463. The maximum atomic E-state index is 11.0. The predicted octanol–water partition coefficient (Wildman–Crippen LogP) is 1.61. The number of hydrogen-bond acceptors (Lipinski definition) is 3. The third kappa shape index (κ3) is 1.28. The molecule has 2 heterocycles. The van der Waals surface area contributed by atoms with Crippen LogP contribution in [0.15, 0.2) is 12.3 Å². The summed E-state index contributed by atoms with van der Waals surface area (Å²) in [6.07, 6.45) is 3.66. The molecule has 0 radical (unpaired) electrons. The molecule has 0 bridgehead atoms. The molecular weight excluding hydrogens is 206 g/mol. The van der Waals surface area contributed by atoms with Crippen LogP contribution in [0.1, 0.15) is 40.5 Å². The molecule has 1 aliphatic carbocycles. The minimum Gasteiger partial charge on any atom is -0.477 e. The first-order valence-electron chi connectivity index (χ1n) is 5.25. The standard InChI is InChI=1S/C11H11N3O2/c1-6-4-9(7-2-3-7)13-10-8(11(15)16)5-12-14(6)10/h4-5,7H,2-3H2,1H3,(H,15,16). The van der Waals surface area contributed by atoms with Crippen LogP contribution in [0.3, 0.4) is 0 Å².